The molecule has 0 unspecified atom stereocenters. The first-order valence-electron chi connectivity index (χ1n) is 11.2. The first-order valence-corrected chi connectivity index (χ1v) is 11.2. The van der Waals surface area contributed by atoms with E-state index in [1.807, 2.05) is 22.8 Å². The topological polar surface area (TPSA) is 41.0 Å². The molecule has 4 nitrogen and oxygen atoms in total. The standard InChI is InChI=1S/C25H31N3O/c29-24-26-22-11-5-6-12-23(22)28(24)21-13-17-27(18-14-21)25(15-7-2-8-16-25)19-20-9-3-1-4-10-20/h1,3-6,9-12,21H,2,7-8,13-19H2,(H,26,29). The maximum Gasteiger partial charge on any atom is 0.326 e. The summed E-state index contributed by atoms with van der Waals surface area (Å²) < 4.78 is 2.01. The first-order chi connectivity index (χ1) is 14.3. The minimum atomic E-state index is 0.0429. The van der Waals surface area contributed by atoms with Gasteiger partial charge >= 0.3 is 5.69 Å². The second-order valence-corrected chi connectivity index (χ2v) is 8.98. The highest BCUT2D eigenvalue weighted by atomic mass is 16.1. The summed E-state index contributed by atoms with van der Waals surface area (Å²) in [6, 6.07) is 19.4. The van der Waals surface area contributed by atoms with Gasteiger partial charge in [0.25, 0.3) is 0 Å². The van der Waals surface area contributed by atoms with E-state index in [2.05, 4.69) is 46.3 Å². The number of benzene rings is 2. The number of hydrogen-bond acceptors (Lipinski definition) is 2. The van der Waals surface area contributed by atoms with Gasteiger partial charge in [0.1, 0.15) is 0 Å². The zero-order valence-electron chi connectivity index (χ0n) is 17.1. The summed E-state index contributed by atoms with van der Waals surface area (Å²) in [6.45, 7) is 2.17. The molecule has 29 heavy (non-hydrogen) atoms. The fraction of sp³-hybridized carbons (Fsp3) is 0.480. The molecule has 4 heteroatoms. The Hall–Kier alpha value is -2.33. The Balaban J connectivity index is 1.36. The average Bonchev–Trinajstić information content (AvgIpc) is 3.11. The molecule has 3 aromatic rings. The molecule has 1 N–H and O–H groups in total. The number of nitrogens with one attached hydrogen (secondary N) is 1. The van der Waals surface area contributed by atoms with Crippen LogP contribution < -0.4 is 5.69 Å². The van der Waals surface area contributed by atoms with Gasteiger partial charge in [-0.1, -0.05) is 61.7 Å². The van der Waals surface area contributed by atoms with Crippen molar-refractivity contribution in [2.75, 3.05) is 13.1 Å². The fourth-order valence-electron chi connectivity index (χ4n) is 5.83. The van der Waals surface area contributed by atoms with Crippen molar-refractivity contribution in [1.82, 2.24) is 14.5 Å². The van der Waals surface area contributed by atoms with Crippen molar-refractivity contribution in [3.8, 4) is 0 Å². The molecule has 1 aromatic heterocycles. The summed E-state index contributed by atoms with van der Waals surface area (Å²) in [5.74, 6) is 0. The molecular weight excluding hydrogens is 358 g/mol. The summed E-state index contributed by atoms with van der Waals surface area (Å²) in [5, 5.41) is 0. The number of imidazole rings is 1. The number of hydrogen-bond donors (Lipinski definition) is 1. The molecule has 2 heterocycles. The van der Waals surface area contributed by atoms with Crippen LogP contribution in [0.5, 0.6) is 0 Å². The summed E-state index contributed by atoms with van der Waals surface area (Å²) >= 11 is 0. The molecule has 0 amide bonds. The molecule has 1 aliphatic carbocycles. The van der Waals surface area contributed by atoms with E-state index in [0.717, 1.165) is 43.4 Å². The molecule has 152 valence electrons. The number of rotatable bonds is 4. The highest BCUT2D eigenvalue weighted by molar-refractivity contribution is 5.75. The third-order valence-corrected chi connectivity index (χ3v) is 7.28. The van der Waals surface area contributed by atoms with Crippen LogP contribution in [0.4, 0.5) is 0 Å². The second kappa shape index (κ2) is 7.83. The van der Waals surface area contributed by atoms with Crippen LogP contribution in [0.15, 0.2) is 59.4 Å². The van der Waals surface area contributed by atoms with E-state index in [4.69, 9.17) is 0 Å². The van der Waals surface area contributed by atoms with Crippen LogP contribution in [0.2, 0.25) is 0 Å². The second-order valence-electron chi connectivity index (χ2n) is 8.98. The van der Waals surface area contributed by atoms with E-state index in [1.54, 1.807) is 0 Å². The molecule has 1 saturated carbocycles. The van der Waals surface area contributed by atoms with Crippen LogP contribution >= 0.6 is 0 Å². The molecule has 0 radical (unpaired) electrons. The van der Waals surface area contributed by atoms with Gasteiger partial charge < -0.3 is 4.98 Å². The first kappa shape index (κ1) is 18.7. The third-order valence-electron chi connectivity index (χ3n) is 7.28. The van der Waals surface area contributed by atoms with Crippen molar-refractivity contribution in [2.24, 2.45) is 0 Å². The predicted molar refractivity (Wildman–Crippen MR) is 118 cm³/mol. The predicted octanol–water partition coefficient (Wildman–Crippen LogP) is 4.91. The van der Waals surface area contributed by atoms with Crippen molar-refractivity contribution < 1.29 is 0 Å². The van der Waals surface area contributed by atoms with Gasteiger partial charge in [-0.25, -0.2) is 4.79 Å². The van der Waals surface area contributed by atoms with Gasteiger partial charge in [0.15, 0.2) is 0 Å². The van der Waals surface area contributed by atoms with Crippen LogP contribution in [-0.2, 0) is 6.42 Å². The number of likely N-dealkylation sites (tertiary alicyclic amines) is 1. The number of aromatic amines is 1. The Morgan fingerprint density at radius 3 is 2.34 bits per heavy atom. The number of para-hydroxylation sites is 2. The van der Waals surface area contributed by atoms with Gasteiger partial charge in [0, 0.05) is 24.7 Å². The fourth-order valence-corrected chi connectivity index (χ4v) is 5.83. The van der Waals surface area contributed by atoms with Gasteiger partial charge in [-0.15, -0.1) is 0 Å². The van der Waals surface area contributed by atoms with E-state index in [1.165, 1.54) is 37.7 Å². The lowest BCUT2D eigenvalue weighted by Gasteiger charge is -2.49. The average molecular weight is 390 g/mol. The third kappa shape index (κ3) is 3.55. The summed E-state index contributed by atoms with van der Waals surface area (Å²) in [7, 11) is 0. The van der Waals surface area contributed by atoms with Crippen LogP contribution in [0.1, 0.15) is 56.6 Å². The van der Waals surface area contributed by atoms with Gasteiger partial charge in [-0.2, -0.15) is 0 Å². The van der Waals surface area contributed by atoms with Gasteiger partial charge in [0.2, 0.25) is 0 Å². The van der Waals surface area contributed by atoms with Crippen molar-refractivity contribution in [3.63, 3.8) is 0 Å². The van der Waals surface area contributed by atoms with E-state index < -0.39 is 0 Å². The molecule has 0 spiro atoms. The highest BCUT2D eigenvalue weighted by Crippen LogP contribution is 2.39. The highest BCUT2D eigenvalue weighted by Gasteiger charge is 2.40. The summed E-state index contributed by atoms with van der Waals surface area (Å²) in [4.78, 5) is 18.4. The van der Waals surface area contributed by atoms with E-state index in [-0.39, 0.29) is 5.69 Å². The molecule has 0 bridgehead atoms. The Morgan fingerprint density at radius 2 is 1.59 bits per heavy atom. The Bertz CT molecular complexity index is 1010. The monoisotopic (exact) mass is 389 g/mol. The Labute approximate surface area is 172 Å². The zero-order chi connectivity index (χ0) is 19.7. The van der Waals surface area contributed by atoms with Crippen LogP contribution in [-0.4, -0.2) is 33.1 Å². The molecule has 2 fully saturated rings. The van der Waals surface area contributed by atoms with Crippen LogP contribution in [0.25, 0.3) is 11.0 Å². The van der Waals surface area contributed by atoms with Crippen molar-refractivity contribution in [2.45, 2.75) is 62.9 Å². The normalized spacial score (nSPS) is 20.8. The SMILES string of the molecule is O=c1[nH]c2ccccc2n1C1CCN(C2(Cc3ccccc3)CCCCC2)CC1. The number of H-pyrrole nitrogens is 1. The van der Waals surface area contributed by atoms with E-state index >= 15 is 0 Å². The minimum absolute atomic E-state index is 0.0429. The van der Waals surface area contributed by atoms with E-state index in [9.17, 15) is 4.79 Å². The van der Waals surface area contributed by atoms with Crippen molar-refractivity contribution >= 4 is 11.0 Å². The molecule has 1 aliphatic heterocycles. The maximum absolute atomic E-state index is 12.6. The number of nitrogens with zero attached hydrogens (tertiary/aromatic N) is 2. The number of piperidine rings is 1. The van der Waals surface area contributed by atoms with Gasteiger partial charge in [-0.3, -0.25) is 9.47 Å². The molecule has 1 saturated heterocycles. The molecule has 0 atom stereocenters. The Morgan fingerprint density at radius 1 is 0.897 bits per heavy atom. The van der Waals surface area contributed by atoms with Crippen molar-refractivity contribution in [1.29, 1.82) is 0 Å². The Kier molecular flexibility index (Phi) is 5.04. The lowest BCUT2D eigenvalue weighted by Crippen LogP contribution is -2.54. The lowest BCUT2D eigenvalue weighted by molar-refractivity contribution is 0.0222. The number of fused-ring (bicyclic) bond motifs is 1. The quantitative estimate of drug-likeness (QED) is 0.689. The lowest BCUT2D eigenvalue weighted by atomic mass is 9.75. The summed E-state index contributed by atoms with van der Waals surface area (Å²) in [5.41, 5.74) is 3.81. The maximum atomic E-state index is 12.6. The smallest absolute Gasteiger partial charge is 0.306 e. The van der Waals surface area contributed by atoms with Crippen molar-refractivity contribution in [3.05, 3.63) is 70.6 Å². The number of aromatic nitrogens is 2. The molecule has 2 aliphatic rings. The van der Waals surface area contributed by atoms with E-state index in [0.29, 0.717) is 11.6 Å². The summed E-state index contributed by atoms with van der Waals surface area (Å²) in [6.07, 6.45) is 9.93. The molecular formula is C25H31N3O. The van der Waals surface area contributed by atoms with Crippen LogP contribution in [0.3, 0.4) is 0 Å². The largest absolute Gasteiger partial charge is 0.326 e. The van der Waals surface area contributed by atoms with Crippen LogP contribution in [0, 0.1) is 0 Å². The molecule has 2 aromatic carbocycles. The minimum Gasteiger partial charge on any atom is -0.306 e. The van der Waals surface area contributed by atoms with Gasteiger partial charge in [0.05, 0.1) is 11.0 Å². The van der Waals surface area contributed by atoms with Gasteiger partial charge in [-0.05, 0) is 49.8 Å². The zero-order valence-corrected chi connectivity index (χ0v) is 17.1. The molecule has 5 rings (SSSR count).